The van der Waals surface area contributed by atoms with Crippen molar-refractivity contribution in [3.63, 3.8) is 0 Å². The number of thiocarbonyl (C=S) groups is 1. The van der Waals surface area contributed by atoms with E-state index >= 15 is 0 Å². The summed E-state index contributed by atoms with van der Waals surface area (Å²) in [7, 11) is 0. The highest BCUT2D eigenvalue weighted by atomic mass is 32.2. The predicted octanol–water partition coefficient (Wildman–Crippen LogP) is 5.97. The SMILES string of the molecule is O=C(CCN1C(=S)N[C@@H](c2ccccn2)[C@@H]1c1ccc(Sc2ccccc2)o1)Nc1ccccc1F. The number of rotatable bonds is 8. The van der Waals surface area contributed by atoms with Crippen molar-refractivity contribution in [3.05, 3.63) is 108 Å². The van der Waals surface area contributed by atoms with E-state index in [0.29, 0.717) is 17.4 Å². The molecule has 2 N–H and O–H groups in total. The molecule has 0 spiro atoms. The van der Waals surface area contributed by atoms with Crippen molar-refractivity contribution in [1.82, 2.24) is 15.2 Å². The molecule has 1 amide bonds. The second kappa shape index (κ2) is 10.9. The van der Waals surface area contributed by atoms with Gasteiger partial charge >= 0.3 is 0 Å². The van der Waals surface area contributed by atoms with Crippen LogP contribution in [-0.4, -0.2) is 27.4 Å². The van der Waals surface area contributed by atoms with Crippen molar-refractivity contribution in [3.8, 4) is 0 Å². The van der Waals surface area contributed by atoms with Crippen molar-refractivity contribution < 1.29 is 13.6 Å². The van der Waals surface area contributed by atoms with E-state index in [-0.39, 0.29) is 30.1 Å². The molecule has 0 unspecified atom stereocenters. The minimum absolute atomic E-state index is 0.119. The van der Waals surface area contributed by atoms with Crippen LogP contribution in [0, 0.1) is 5.82 Å². The Hall–Kier alpha value is -3.69. The second-order valence-electron chi connectivity index (χ2n) is 8.17. The molecule has 0 bridgehead atoms. The highest BCUT2D eigenvalue weighted by molar-refractivity contribution is 7.99. The number of hydrogen-bond acceptors (Lipinski definition) is 5. The van der Waals surface area contributed by atoms with E-state index in [1.807, 2.05) is 65.6 Å². The molecule has 9 heteroatoms. The Morgan fingerprint density at radius 3 is 2.61 bits per heavy atom. The van der Waals surface area contributed by atoms with Gasteiger partial charge in [-0.1, -0.05) is 48.2 Å². The quantitative estimate of drug-likeness (QED) is 0.279. The molecule has 182 valence electrons. The van der Waals surface area contributed by atoms with Gasteiger partial charge in [0, 0.05) is 24.1 Å². The Bertz CT molecular complexity index is 1350. The van der Waals surface area contributed by atoms with Crippen LogP contribution in [-0.2, 0) is 4.79 Å². The normalized spacial score (nSPS) is 17.1. The first-order chi connectivity index (χ1) is 17.6. The van der Waals surface area contributed by atoms with Gasteiger partial charge in [0.25, 0.3) is 0 Å². The lowest BCUT2D eigenvalue weighted by atomic mass is 10.0. The largest absolute Gasteiger partial charge is 0.452 e. The van der Waals surface area contributed by atoms with Crippen LogP contribution in [0.5, 0.6) is 0 Å². The number of nitrogens with zero attached hydrogens (tertiary/aromatic N) is 2. The van der Waals surface area contributed by atoms with Crippen LogP contribution in [0.3, 0.4) is 0 Å². The third kappa shape index (κ3) is 5.42. The Balaban J connectivity index is 1.36. The van der Waals surface area contributed by atoms with Crippen LogP contribution < -0.4 is 10.6 Å². The Kier molecular flexibility index (Phi) is 7.29. The molecule has 36 heavy (non-hydrogen) atoms. The van der Waals surface area contributed by atoms with Crippen molar-refractivity contribution in [2.24, 2.45) is 0 Å². The zero-order valence-corrected chi connectivity index (χ0v) is 20.8. The van der Waals surface area contributed by atoms with Crippen LogP contribution in [0.2, 0.25) is 0 Å². The summed E-state index contributed by atoms with van der Waals surface area (Å²) in [6.07, 6.45) is 1.86. The van der Waals surface area contributed by atoms with Crippen LogP contribution in [0.25, 0.3) is 0 Å². The molecule has 2 aromatic carbocycles. The van der Waals surface area contributed by atoms with Crippen molar-refractivity contribution >= 4 is 40.7 Å². The zero-order valence-electron chi connectivity index (χ0n) is 19.1. The van der Waals surface area contributed by atoms with Gasteiger partial charge in [-0.15, -0.1) is 0 Å². The number of aromatic nitrogens is 1. The van der Waals surface area contributed by atoms with Gasteiger partial charge in [-0.2, -0.15) is 0 Å². The van der Waals surface area contributed by atoms with Gasteiger partial charge in [0.15, 0.2) is 10.2 Å². The Morgan fingerprint density at radius 2 is 1.83 bits per heavy atom. The van der Waals surface area contributed by atoms with E-state index in [1.165, 1.54) is 23.9 Å². The Labute approximate surface area is 217 Å². The number of carbonyl (C=O) groups is 1. The smallest absolute Gasteiger partial charge is 0.226 e. The third-order valence-corrected chi connectivity index (χ3v) is 7.06. The van der Waals surface area contributed by atoms with Crippen molar-refractivity contribution in [2.75, 3.05) is 11.9 Å². The molecule has 2 aromatic heterocycles. The second-order valence-corrected chi connectivity index (χ2v) is 9.63. The number of halogens is 1. The standard InChI is InChI=1S/C27H23FN4O2S2/c28-19-10-4-5-11-20(19)30-23(33)15-17-32-26(25(31-27(32)35)21-12-6-7-16-29-21)22-13-14-24(34-22)36-18-8-2-1-3-9-18/h1-14,16,25-26H,15,17H2,(H,30,33)(H,31,35)/t25-,26-/m0/s1. The number of furan rings is 1. The summed E-state index contributed by atoms with van der Waals surface area (Å²) in [6, 6.07) is 25.1. The van der Waals surface area contributed by atoms with Crippen molar-refractivity contribution in [1.29, 1.82) is 0 Å². The van der Waals surface area contributed by atoms with Gasteiger partial charge in [-0.05, 0) is 60.7 Å². The number of nitrogens with one attached hydrogen (secondary N) is 2. The maximum absolute atomic E-state index is 14.0. The number of amides is 1. The lowest BCUT2D eigenvalue weighted by molar-refractivity contribution is -0.116. The maximum atomic E-state index is 14.0. The molecule has 1 aliphatic rings. The van der Waals surface area contributed by atoms with Crippen LogP contribution in [0.1, 0.15) is 30.0 Å². The molecule has 6 nitrogen and oxygen atoms in total. The fraction of sp³-hybridized carbons (Fsp3) is 0.148. The fourth-order valence-electron chi connectivity index (χ4n) is 4.11. The number of hydrogen-bond donors (Lipinski definition) is 2. The lowest BCUT2D eigenvalue weighted by Gasteiger charge is -2.25. The minimum atomic E-state index is -0.476. The molecular formula is C27H23FN4O2S2. The van der Waals surface area contributed by atoms with Gasteiger partial charge in [0.1, 0.15) is 17.6 Å². The molecule has 4 aromatic rings. The van der Waals surface area contributed by atoms with Gasteiger partial charge < -0.3 is 20.0 Å². The van der Waals surface area contributed by atoms with Crippen LogP contribution in [0.15, 0.2) is 106 Å². The van der Waals surface area contributed by atoms with E-state index in [1.54, 1.807) is 18.3 Å². The minimum Gasteiger partial charge on any atom is -0.452 e. The predicted molar refractivity (Wildman–Crippen MR) is 141 cm³/mol. The summed E-state index contributed by atoms with van der Waals surface area (Å²) in [5, 5.41) is 7.24. The molecule has 1 saturated heterocycles. The molecule has 0 radical (unpaired) electrons. The van der Waals surface area contributed by atoms with E-state index in [0.717, 1.165) is 15.7 Å². The zero-order chi connectivity index (χ0) is 24.9. The van der Waals surface area contributed by atoms with E-state index < -0.39 is 5.82 Å². The summed E-state index contributed by atoms with van der Waals surface area (Å²) in [6.45, 7) is 0.321. The number of benzene rings is 2. The number of para-hydroxylation sites is 1. The van der Waals surface area contributed by atoms with Gasteiger partial charge in [0.05, 0.1) is 17.4 Å². The van der Waals surface area contributed by atoms with Crippen molar-refractivity contribution in [2.45, 2.75) is 28.5 Å². The number of carbonyl (C=O) groups excluding carboxylic acids is 1. The number of anilines is 1. The molecule has 1 aliphatic heterocycles. The third-order valence-electron chi connectivity index (χ3n) is 5.78. The molecule has 3 heterocycles. The molecule has 2 atom stereocenters. The van der Waals surface area contributed by atoms with Gasteiger partial charge in [-0.3, -0.25) is 9.78 Å². The van der Waals surface area contributed by atoms with E-state index in [2.05, 4.69) is 15.6 Å². The van der Waals surface area contributed by atoms with E-state index in [4.69, 9.17) is 16.6 Å². The average molecular weight is 519 g/mol. The highest BCUT2D eigenvalue weighted by Crippen LogP contribution is 2.41. The molecule has 0 aliphatic carbocycles. The van der Waals surface area contributed by atoms with Gasteiger partial charge in [0.2, 0.25) is 5.91 Å². The summed E-state index contributed by atoms with van der Waals surface area (Å²) in [5.41, 5.74) is 0.970. The topological polar surface area (TPSA) is 70.4 Å². The lowest BCUT2D eigenvalue weighted by Crippen LogP contribution is -2.32. The summed E-state index contributed by atoms with van der Waals surface area (Å²) in [4.78, 5) is 20.2. The Morgan fingerprint density at radius 1 is 1.06 bits per heavy atom. The first-order valence-electron chi connectivity index (χ1n) is 11.4. The maximum Gasteiger partial charge on any atom is 0.226 e. The number of pyridine rings is 1. The molecular weight excluding hydrogens is 495 g/mol. The summed E-state index contributed by atoms with van der Waals surface area (Å²) >= 11 is 7.19. The van der Waals surface area contributed by atoms with Gasteiger partial charge in [-0.25, -0.2) is 4.39 Å². The molecule has 1 fully saturated rings. The molecule has 0 saturated carbocycles. The molecule has 5 rings (SSSR count). The van der Waals surface area contributed by atoms with E-state index in [9.17, 15) is 9.18 Å². The highest BCUT2D eigenvalue weighted by Gasteiger charge is 2.41. The summed E-state index contributed by atoms with van der Waals surface area (Å²) in [5.74, 6) is -0.0648. The summed E-state index contributed by atoms with van der Waals surface area (Å²) < 4.78 is 20.2. The monoisotopic (exact) mass is 518 g/mol. The van der Waals surface area contributed by atoms with Crippen LogP contribution >= 0.6 is 24.0 Å². The first-order valence-corrected chi connectivity index (χ1v) is 12.7. The average Bonchev–Trinajstić information content (AvgIpc) is 3.49. The fourth-order valence-corrected chi connectivity index (χ4v) is 5.24. The van der Waals surface area contributed by atoms with Crippen LogP contribution in [0.4, 0.5) is 10.1 Å². The first kappa shape index (κ1) is 24.0.